The lowest BCUT2D eigenvalue weighted by Gasteiger charge is -2.37. The third-order valence-corrected chi connectivity index (χ3v) is 4.96. The molecular weight excluding hydrogens is 358 g/mol. The SMILES string of the molecule is CCOC(=O)N1CCC(N(CCNC(=O)Cc2cccc(C)c2)C(C)=O)CC1. The molecule has 2 rings (SSSR count). The number of carbonyl (C=O) groups excluding carboxylic acids is 3. The Kier molecular flexibility index (Phi) is 8.29. The highest BCUT2D eigenvalue weighted by Crippen LogP contribution is 2.17. The molecule has 1 saturated heterocycles. The second kappa shape index (κ2) is 10.7. The summed E-state index contributed by atoms with van der Waals surface area (Å²) in [6, 6.07) is 7.96. The molecule has 0 spiro atoms. The van der Waals surface area contributed by atoms with Crippen molar-refractivity contribution in [1.82, 2.24) is 15.1 Å². The first kappa shape index (κ1) is 21.7. The van der Waals surface area contributed by atoms with E-state index in [0.29, 0.717) is 39.2 Å². The first-order valence-electron chi connectivity index (χ1n) is 9.91. The minimum atomic E-state index is -0.293. The average Bonchev–Trinajstić information content (AvgIpc) is 2.65. The Morgan fingerprint density at radius 3 is 2.57 bits per heavy atom. The summed E-state index contributed by atoms with van der Waals surface area (Å²) in [6.07, 6.45) is 1.48. The van der Waals surface area contributed by atoms with Gasteiger partial charge in [0.2, 0.25) is 11.8 Å². The lowest BCUT2D eigenvalue weighted by Crippen LogP contribution is -2.50. The van der Waals surface area contributed by atoms with E-state index in [9.17, 15) is 14.4 Å². The number of amides is 3. The molecule has 1 fully saturated rings. The number of rotatable bonds is 7. The summed E-state index contributed by atoms with van der Waals surface area (Å²) in [5.74, 6) is -0.0613. The number of aryl methyl sites for hydroxylation is 1. The van der Waals surface area contributed by atoms with Gasteiger partial charge in [0.1, 0.15) is 0 Å². The molecule has 3 amide bonds. The molecule has 28 heavy (non-hydrogen) atoms. The van der Waals surface area contributed by atoms with Crippen LogP contribution in [-0.2, 0) is 20.7 Å². The van der Waals surface area contributed by atoms with E-state index in [4.69, 9.17) is 4.74 Å². The van der Waals surface area contributed by atoms with Gasteiger partial charge in [-0.2, -0.15) is 0 Å². The van der Waals surface area contributed by atoms with Gasteiger partial charge in [-0.25, -0.2) is 4.79 Å². The van der Waals surface area contributed by atoms with E-state index in [1.54, 1.807) is 23.6 Å². The van der Waals surface area contributed by atoms with E-state index < -0.39 is 0 Å². The van der Waals surface area contributed by atoms with Crippen LogP contribution in [0.15, 0.2) is 24.3 Å². The Morgan fingerprint density at radius 2 is 1.96 bits per heavy atom. The van der Waals surface area contributed by atoms with Gasteiger partial charge in [-0.15, -0.1) is 0 Å². The summed E-state index contributed by atoms with van der Waals surface area (Å²) in [5, 5.41) is 2.90. The fourth-order valence-corrected chi connectivity index (χ4v) is 3.56. The van der Waals surface area contributed by atoms with Gasteiger partial charge in [-0.1, -0.05) is 29.8 Å². The quantitative estimate of drug-likeness (QED) is 0.775. The zero-order valence-corrected chi connectivity index (χ0v) is 17.1. The molecule has 7 nitrogen and oxygen atoms in total. The summed E-state index contributed by atoms with van der Waals surface area (Å²) in [4.78, 5) is 39.5. The molecule has 1 aromatic rings. The zero-order chi connectivity index (χ0) is 20.5. The third kappa shape index (κ3) is 6.55. The normalized spacial score (nSPS) is 14.5. The van der Waals surface area contributed by atoms with E-state index in [0.717, 1.165) is 24.0 Å². The first-order valence-corrected chi connectivity index (χ1v) is 9.91. The van der Waals surface area contributed by atoms with Crippen LogP contribution in [0.3, 0.4) is 0 Å². The van der Waals surface area contributed by atoms with E-state index in [1.165, 1.54) is 0 Å². The summed E-state index contributed by atoms with van der Waals surface area (Å²) in [5.41, 5.74) is 2.11. The number of hydrogen-bond acceptors (Lipinski definition) is 4. The minimum absolute atomic E-state index is 0.0116. The number of benzene rings is 1. The second-order valence-corrected chi connectivity index (χ2v) is 7.15. The van der Waals surface area contributed by atoms with Crippen molar-refractivity contribution in [2.75, 3.05) is 32.8 Å². The third-order valence-electron chi connectivity index (χ3n) is 4.96. The van der Waals surface area contributed by atoms with Crippen LogP contribution in [0, 0.1) is 6.92 Å². The van der Waals surface area contributed by atoms with Crippen molar-refractivity contribution < 1.29 is 19.1 Å². The number of ether oxygens (including phenoxy) is 1. The molecule has 1 aliphatic rings. The molecule has 0 aromatic heterocycles. The summed E-state index contributed by atoms with van der Waals surface area (Å²) >= 11 is 0. The maximum absolute atomic E-state index is 12.2. The standard InChI is InChI=1S/C21H31N3O4/c1-4-28-21(27)23-11-8-19(9-12-23)24(17(3)25)13-10-22-20(26)15-18-7-5-6-16(2)14-18/h5-7,14,19H,4,8-13,15H2,1-3H3,(H,22,26). The molecule has 0 saturated carbocycles. The number of likely N-dealkylation sites (tertiary alicyclic amines) is 1. The topological polar surface area (TPSA) is 79.0 Å². The van der Waals surface area contributed by atoms with Crippen molar-refractivity contribution in [2.24, 2.45) is 0 Å². The summed E-state index contributed by atoms with van der Waals surface area (Å²) in [7, 11) is 0. The number of hydrogen-bond donors (Lipinski definition) is 1. The lowest BCUT2D eigenvalue weighted by molar-refractivity contribution is -0.132. The molecule has 0 unspecified atom stereocenters. The number of carbonyl (C=O) groups is 3. The maximum Gasteiger partial charge on any atom is 0.409 e. The van der Waals surface area contributed by atoms with Gasteiger partial charge in [0.05, 0.1) is 13.0 Å². The summed E-state index contributed by atoms with van der Waals surface area (Å²) < 4.78 is 5.03. The number of piperidine rings is 1. The highest BCUT2D eigenvalue weighted by atomic mass is 16.6. The number of nitrogens with one attached hydrogen (secondary N) is 1. The molecule has 7 heteroatoms. The molecule has 0 radical (unpaired) electrons. The van der Waals surface area contributed by atoms with Crippen LogP contribution in [0.4, 0.5) is 4.79 Å². The van der Waals surface area contributed by atoms with Gasteiger partial charge in [0.25, 0.3) is 0 Å². The van der Waals surface area contributed by atoms with Crippen LogP contribution in [0.25, 0.3) is 0 Å². The van der Waals surface area contributed by atoms with Crippen molar-refractivity contribution in [3.63, 3.8) is 0 Å². The van der Waals surface area contributed by atoms with Crippen LogP contribution < -0.4 is 5.32 Å². The van der Waals surface area contributed by atoms with Crippen molar-refractivity contribution in [3.8, 4) is 0 Å². The molecule has 1 heterocycles. The van der Waals surface area contributed by atoms with Gasteiger partial charge in [-0.05, 0) is 32.3 Å². The smallest absolute Gasteiger partial charge is 0.409 e. The Labute approximate surface area is 167 Å². The predicted molar refractivity (Wildman–Crippen MR) is 107 cm³/mol. The van der Waals surface area contributed by atoms with E-state index in [1.807, 2.05) is 31.2 Å². The predicted octanol–water partition coefficient (Wildman–Crippen LogP) is 2.12. The van der Waals surface area contributed by atoms with Crippen LogP contribution >= 0.6 is 0 Å². The largest absolute Gasteiger partial charge is 0.450 e. The highest BCUT2D eigenvalue weighted by molar-refractivity contribution is 5.78. The summed E-state index contributed by atoms with van der Waals surface area (Å²) in [6.45, 7) is 7.74. The molecule has 0 atom stereocenters. The molecule has 154 valence electrons. The Bertz CT molecular complexity index is 684. The van der Waals surface area contributed by atoms with Gasteiger partial charge < -0.3 is 19.9 Å². The second-order valence-electron chi connectivity index (χ2n) is 7.15. The average molecular weight is 389 g/mol. The zero-order valence-electron chi connectivity index (χ0n) is 17.1. The molecule has 0 bridgehead atoms. The minimum Gasteiger partial charge on any atom is -0.450 e. The van der Waals surface area contributed by atoms with Gasteiger partial charge in [-0.3, -0.25) is 9.59 Å². The Morgan fingerprint density at radius 1 is 1.25 bits per heavy atom. The van der Waals surface area contributed by atoms with Crippen LogP contribution in [-0.4, -0.2) is 66.5 Å². The molecule has 1 aliphatic heterocycles. The van der Waals surface area contributed by atoms with Gasteiger partial charge in [0.15, 0.2) is 0 Å². The monoisotopic (exact) mass is 389 g/mol. The number of nitrogens with zero attached hydrogens (tertiary/aromatic N) is 2. The maximum atomic E-state index is 12.2. The Balaban J connectivity index is 1.78. The molecule has 1 N–H and O–H groups in total. The first-order chi connectivity index (χ1) is 13.4. The van der Waals surface area contributed by atoms with Crippen LogP contribution in [0.5, 0.6) is 0 Å². The van der Waals surface area contributed by atoms with E-state index in [2.05, 4.69) is 5.32 Å². The van der Waals surface area contributed by atoms with Crippen molar-refractivity contribution in [2.45, 2.75) is 46.1 Å². The molecule has 0 aliphatic carbocycles. The van der Waals surface area contributed by atoms with E-state index >= 15 is 0 Å². The van der Waals surface area contributed by atoms with Gasteiger partial charge in [0, 0.05) is 39.1 Å². The van der Waals surface area contributed by atoms with Crippen LogP contribution in [0.1, 0.15) is 37.8 Å². The Hall–Kier alpha value is -2.57. The van der Waals surface area contributed by atoms with Crippen LogP contribution in [0.2, 0.25) is 0 Å². The fourth-order valence-electron chi connectivity index (χ4n) is 3.56. The van der Waals surface area contributed by atoms with Crippen molar-refractivity contribution >= 4 is 17.9 Å². The molecular formula is C21H31N3O4. The van der Waals surface area contributed by atoms with Gasteiger partial charge >= 0.3 is 6.09 Å². The van der Waals surface area contributed by atoms with Crippen molar-refractivity contribution in [3.05, 3.63) is 35.4 Å². The fraction of sp³-hybridized carbons (Fsp3) is 0.571. The molecule has 1 aromatic carbocycles. The highest BCUT2D eigenvalue weighted by Gasteiger charge is 2.28. The van der Waals surface area contributed by atoms with Crippen molar-refractivity contribution in [1.29, 1.82) is 0 Å². The van der Waals surface area contributed by atoms with E-state index in [-0.39, 0.29) is 23.9 Å². The lowest BCUT2D eigenvalue weighted by atomic mass is 10.0.